The molecule has 0 atom stereocenters. The SMILES string of the molecule is Cc1ccc(-c2cc(C)c(C3=CC(C)(C)C=C(N)C=C3)cc2N)cc1. The summed E-state index contributed by atoms with van der Waals surface area (Å²) in [4.78, 5) is 0. The lowest BCUT2D eigenvalue weighted by Gasteiger charge is -2.18. The third-order valence-electron chi connectivity index (χ3n) is 4.59. The zero-order valence-electron chi connectivity index (χ0n) is 15.4. The normalized spacial score (nSPS) is 16.2. The number of hydrogen-bond donors (Lipinski definition) is 2. The van der Waals surface area contributed by atoms with Crippen LogP contribution in [0.5, 0.6) is 0 Å². The first-order valence-electron chi connectivity index (χ1n) is 8.62. The molecule has 1 aliphatic rings. The molecular weight excluding hydrogens is 304 g/mol. The molecule has 2 aromatic carbocycles. The van der Waals surface area contributed by atoms with Gasteiger partial charge in [-0.25, -0.2) is 0 Å². The molecule has 0 saturated carbocycles. The number of anilines is 1. The summed E-state index contributed by atoms with van der Waals surface area (Å²) in [6.07, 6.45) is 8.37. The van der Waals surface area contributed by atoms with Crippen molar-refractivity contribution in [3.05, 3.63) is 83.1 Å². The highest BCUT2D eigenvalue weighted by Crippen LogP contribution is 2.35. The van der Waals surface area contributed by atoms with Gasteiger partial charge in [0.15, 0.2) is 0 Å². The second-order valence-corrected chi connectivity index (χ2v) is 7.52. The third kappa shape index (κ3) is 3.69. The van der Waals surface area contributed by atoms with Crippen LogP contribution in [0.3, 0.4) is 0 Å². The number of nitrogens with two attached hydrogens (primary N) is 2. The van der Waals surface area contributed by atoms with Gasteiger partial charge in [-0.3, -0.25) is 0 Å². The summed E-state index contributed by atoms with van der Waals surface area (Å²) < 4.78 is 0. The van der Waals surface area contributed by atoms with Crippen LogP contribution in [0.25, 0.3) is 16.7 Å². The Morgan fingerprint density at radius 2 is 1.48 bits per heavy atom. The molecule has 3 rings (SSSR count). The minimum atomic E-state index is -0.0975. The van der Waals surface area contributed by atoms with Crippen LogP contribution >= 0.6 is 0 Å². The molecule has 0 unspecified atom stereocenters. The molecular formula is C23H26N2. The molecule has 0 amide bonds. The monoisotopic (exact) mass is 330 g/mol. The van der Waals surface area contributed by atoms with E-state index < -0.39 is 0 Å². The summed E-state index contributed by atoms with van der Waals surface area (Å²) >= 11 is 0. The van der Waals surface area contributed by atoms with E-state index in [-0.39, 0.29) is 5.41 Å². The molecule has 1 aliphatic carbocycles. The summed E-state index contributed by atoms with van der Waals surface area (Å²) in [6, 6.07) is 12.7. The molecule has 0 radical (unpaired) electrons. The lowest BCUT2D eigenvalue weighted by molar-refractivity contribution is 0.624. The Kier molecular flexibility index (Phi) is 4.30. The summed E-state index contributed by atoms with van der Waals surface area (Å²) in [5.41, 5.74) is 20.9. The van der Waals surface area contributed by atoms with Crippen molar-refractivity contribution in [3.8, 4) is 11.1 Å². The minimum Gasteiger partial charge on any atom is -0.399 e. The largest absolute Gasteiger partial charge is 0.399 e. The van der Waals surface area contributed by atoms with Crippen LogP contribution in [0.15, 0.2) is 66.4 Å². The first kappa shape index (κ1) is 17.1. The topological polar surface area (TPSA) is 52.0 Å². The minimum absolute atomic E-state index is 0.0975. The molecule has 0 saturated heterocycles. The Labute approximate surface area is 150 Å². The summed E-state index contributed by atoms with van der Waals surface area (Å²) in [5.74, 6) is 0. The van der Waals surface area contributed by atoms with E-state index in [1.807, 2.05) is 6.08 Å². The second kappa shape index (κ2) is 6.29. The average Bonchev–Trinajstić information content (AvgIpc) is 2.67. The predicted molar refractivity (Wildman–Crippen MR) is 109 cm³/mol. The van der Waals surface area contributed by atoms with Crippen LogP contribution in [-0.4, -0.2) is 0 Å². The molecule has 128 valence electrons. The van der Waals surface area contributed by atoms with Gasteiger partial charge in [0.25, 0.3) is 0 Å². The fourth-order valence-corrected chi connectivity index (χ4v) is 3.34. The van der Waals surface area contributed by atoms with Gasteiger partial charge >= 0.3 is 0 Å². The Balaban J connectivity index is 2.08. The van der Waals surface area contributed by atoms with Crippen LogP contribution in [-0.2, 0) is 0 Å². The summed E-state index contributed by atoms with van der Waals surface area (Å²) in [5, 5.41) is 0. The van der Waals surface area contributed by atoms with Crippen LogP contribution < -0.4 is 11.5 Å². The van der Waals surface area contributed by atoms with Crippen molar-refractivity contribution in [1.82, 2.24) is 0 Å². The standard InChI is InChI=1S/C23H26N2/c1-15-5-7-17(8-6-15)21-11-16(2)20(12-22(21)25)18-9-10-19(24)14-23(3,4)13-18/h5-14H,24-25H2,1-4H3. The molecule has 0 fully saturated rings. The van der Waals surface area contributed by atoms with Crippen molar-refractivity contribution < 1.29 is 0 Å². The van der Waals surface area contributed by atoms with Gasteiger partial charge in [-0.1, -0.05) is 61.9 Å². The van der Waals surface area contributed by atoms with Gasteiger partial charge in [0.05, 0.1) is 0 Å². The Bertz CT molecular complexity index is 894. The van der Waals surface area contributed by atoms with Crippen molar-refractivity contribution in [2.75, 3.05) is 5.73 Å². The van der Waals surface area contributed by atoms with E-state index in [2.05, 4.69) is 82.3 Å². The lowest BCUT2D eigenvalue weighted by Crippen LogP contribution is -2.06. The predicted octanol–water partition coefficient (Wildman–Crippen LogP) is 5.37. The van der Waals surface area contributed by atoms with Gasteiger partial charge in [-0.15, -0.1) is 0 Å². The molecule has 0 bridgehead atoms. The van der Waals surface area contributed by atoms with Crippen LogP contribution in [0, 0.1) is 19.3 Å². The van der Waals surface area contributed by atoms with Gasteiger partial charge < -0.3 is 11.5 Å². The highest BCUT2D eigenvalue weighted by atomic mass is 14.6. The number of aryl methyl sites for hydroxylation is 2. The average molecular weight is 330 g/mol. The fraction of sp³-hybridized carbons (Fsp3) is 0.217. The molecule has 4 N–H and O–H groups in total. The van der Waals surface area contributed by atoms with Gasteiger partial charge in [0.2, 0.25) is 0 Å². The first-order valence-corrected chi connectivity index (χ1v) is 8.62. The molecule has 0 aromatic heterocycles. The second-order valence-electron chi connectivity index (χ2n) is 7.52. The molecule has 0 aliphatic heterocycles. The van der Waals surface area contributed by atoms with E-state index >= 15 is 0 Å². The van der Waals surface area contributed by atoms with Crippen molar-refractivity contribution in [1.29, 1.82) is 0 Å². The van der Waals surface area contributed by atoms with E-state index in [0.717, 1.165) is 33.6 Å². The van der Waals surface area contributed by atoms with Gasteiger partial charge in [-0.2, -0.15) is 0 Å². The fourth-order valence-electron chi connectivity index (χ4n) is 3.34. The summed E-state index contributed by atoms with van der Waals surface area (Å²) in [6.45, 7) is 8.54. The molecule has 2 nitrogen and oxygen atoms in total. The number of benzene rings is 2. The highest BCUT2D eigenvalue weighted by Gasteiger charge is 2.17. The van der Waals surface area contributed by atoms with Crippen molar-refractivity contribution in [2.24, 2.45) is 11.1 Å². The maximum atomic E-state index is 6.41. The van der Waals surface area contributed by atoms with Gasteiger partial charge in [0, 0.05) is 22.4 Å². The van der Waals surface area contributed by atoms with E-state index in [0.29, 0.717) is 0 Å². The molecule has 2 heteroatoms. The van der Waals surface area contributed by atoms with E-state index in [4.69, 9.17) is 11.5 Å². The van der Waals surface area contributed by atoms with Crippen molar-refractivity contribution >= 4 is 11.3 Å². The third-order valence-corrected chi connectivity index (χ3v) is 4.59. The van der Waals surface area contributed by atoms with Gasteiger partial charge in [-0.05, 0) is 54.3 Å². The Morgan fingerprint density at radius 3 is 2.16 bits per heavy atom. The zero-order chi connectivity index (χ0) is 18.2. The Morgan fingerprint density at radius 1 is 0.800 bits per heavy atom. The number of rotatable bonds is 2. The molecule has 0 spiro atoms. The Hall–Kier alpha value is -2.74. The van der Waals surface area contributed by atoms with Crippen molar-refractivity contribution in [2.45, 2.75) is 27.7 Å². The first-order chi connectivity index (χ1) is 11.7. The maximum absolute atomic E-state index is 6.41. The quantitative estimate of drug-likeness (QED) is 0.727. The van der Waals surface area contributed by atoms with E-state index in [9.17, 15) is 0 Å². The maximum Gasteiger partial charge on any atom is 0.0400 e. The van der Waals surface area contributed by atoms with E-state index in [1.54, 1.807) is 0 Å². The number of hydrogen-bond acceptors (Lipinski definition) is 2. The molecule has 25 heavy (non-hydrogen) atoms. The number of allylic oxidation sites excluding steroid dienone is 5. The lowest BCUT2D eigenvalue weighted by atomic mass is 9.87. The molecule has 2 aromatic rings. The zero-order valence-corrected chi connectivity index (χ0v) is 15.4. The smallest absolute Gasteiger partial charge is 0.0400 e. The van der Waals surface area contributed by atoms with Crippen LogP contribution in [0.2, 0.25) is 0 Å². The van der Waals surface area contributed by atoms with Crippen LogP contribution in [0.1, 0.15) is 30.5 Å². The highest BCUT2D eigenvalue weighted by molar-refractivity contribution is 5.85. The molecule has 0 heterocycles. The van der Waals surface area contributed by atoms with Crippen LogP contribution in [0.4, 0.5) is 5.69 Å². The number of nitrogen functional groups attached to an aromatic ring is 1. The van der Waals surface area contributed by atoms with Crippen molar-refractivity contribution in [3.63, 3.8) is 0 Å². The van der Waals surface area contributed by atoms with E-state index in [1.165, 1.54) is 11.1 Å². The van der Waals surface area contributed by atoms with Gasteiger partial charge in [0.1, 0.15) is 0 Å². The summed E-state index contributed by atoms with van der Waals surface area (Å²) in [7, 11) is 0.